The molecule has 0 aromatic carbocycles. The maximum absolute atomic E-state index is 3.65. The lowest BCUT2D eigenvalue weighted by Gasteiger charge is -2.13. The van der Waals surface area contributed by atoms with E-state index in [1.54, 1.807) is 0 Å². The molecule has 42 valence electrons. The number of hydrogen-bond donors (Lipinski definition) is 0. The van der Waals surface area contributed by atoms with E-state index in [1.165, 1.54) is 0 Å². The van der Waals surface area contributed by atoms with Crippen molar-refractivity contribution in [3.63, 3.8) is 0 Å². The smallest absolute Gasteiger partial charge is 0.0304 e. The normalized spacial score (nSPS) is 11.3. The molecule has 0 N–H and O–H groups in total. The molecule has 0 aromatic heterocycles. The molecule has 0 aliphatic heterocycles. The Kier molecular flexibility index (Phi) is 2.07. The standard InChI is InChI=1S/C7H14/c1-5-6-7(2,3)4/h5H,1,6H2,2-4H3. The third kappa shape index (κ3) is 5.74. The van der Waals surface area contributed by atoms with Crippen molar-refractivity contribution in [1.29, 1.82) is 0 Å². The van der Waals surface area contributed by atoms with Gasteiger partial charge in [0.25, 0.3) is 0 Å². The van der Waals surface area contributed by atoms with Gasteiger partial charge in [-0.05, 0) is 11.8 Å². The van der Waals surface area contributed by atoms with E-state index < -0.39 is 0 Å². The number of rotatable bonds is 1. The Morgan fingerprint density at radius 2 is 1.86 bits per heavy atom. The van der Waals surface area contributed by atoms with Crippen LogP contribution in [0.15, 0.2) is 12.7 Å². The largest absolute Gasteiger partial charge is 0.103 e. The predicted molar refractivity (Wildman–Crippen MR) is 34.3 cm³/mol. The highest BCUT2D eigenvalue weighted by Gasteiger charge is 2.04. The first kappa shape index (κ1) is 6.74. The Morgan fingerprint density at radius 1 is 1.43 bits per heavy atom. The van der Waals surface area contributed by atoms with E-state index in [4.69, 9.17) is 0 Å². The Hall–Kier alpha value is -0.260. The van der Waals surface area contributed by atoms with Crippen LogP contribution in [0.1, 0.15) is 27.2 Å². The van der Waals surface area contributed by atoms with E-state index >= 15 is 0 Å². The van der Waals surface area contributed by atoms with Crippen LogP contribution in [-0.2, 0) is 0 Å². The lowest BCUT2D eigenvalue weighted by Crippen LogP contribution is -2.01. The van der Waals surface area contributed by atoms with Gasteiger partial charge in [0, 0.05) is 0 Å². The van der Waals surface area contributed by atoms with Crippen LogP contribution in [0, 0.1) is 5.41 Å². The number of allylic oxidation sites excluding steroid dienone is 1. The third-order valence-corrected chi connectivity index (χ3v) is 0.757. The first-order valence-electron chi connectivity index (χ1n) is 2.67. The molecular weight excluding hydrogens is 84.1 g/mol. The molecular formula is C7H14. The molecule has 0 saturated heterocycles. The maximum Gasteiger partial charge on any atom is -0.0304 e. The van der Waals surface area contributed by atoms with Crippen LogP contribution < -0.4 is 0 Å². The second-order valence-electron chi connectivity index (χ2n) is 3.05. The average Bonchev–Trinajstić information content (AvgIpc) is 1.30. The zero-order valence-electron chi connectivity index (χ0n) is 5.49. The van der Waals surface area contributed by atoms with Crippen molar-refractivity contribution in [2.24, 2.45) is 5.41 Å². The summed E-state index contributed by atoms with van der Waals surface area (Å²) < 4.78 is 0. The van der Waals surface area contributed by atoms with Gasteiger partial charge in [-0.1, -0.05) is 26.8 Å². The van der Waals surface area contributed by atoms with Gasteiger partial charge in [0.05, 0.1) is 0 Å². The monoisotopic (exact) mass is 98.1 g/mol. The average molecular weight is 98.2 g/mol. The Morgan fingerprint density at radius 3 is 1.86 bits per heavy atom. The van der Waals surface area contributed by atoms with Crippen LogP contribution in [-0.4, -0.2) is 0 Å². The summed E-state index contributed by atoms with van der Waals surface area (Å²) in [6.07, 6.45) is 3.06. The van der Waals surface area contributed by atoms with Gasteiger partial charge in [0.1, 0.15) is 0 Å². The number of hydrogen-bond acceptors (Lipinski definition) is 0. The minimum atomic E-state index is 0.432. The van der Waals surface area contributed by atoms with Crippen molar-refractivity contribution < 1.29 is 0 Å². The summed E-state index contributed by atoms with van der Waals surface area (Å²) in [6, 6.07) is 0. The zero-order valence-corrected chi connectivity index (χ0v) is 5.49. The second kappa shape index (κ2) is 2.15. The van der Waals surface area contributed by atoms with Crippen LogP contribution in [0.3, 0.4) is 0 Å². The molecule has 0 fully saturated rings. The molecule has 0 aliphatic rings. The van der Waals surface area contributed by atoms with Crippen LogP contribution in [0.2, 0.25) is 0 Å². The minimum Gasteiger partial charge on any atom is -0.103 e. The molecule has 0 amide bonds. The lowest BCUT2D eigenvalue weighted by molar-refractivity contribution is 0.421. The van der Waals surface area contributed by atoms with Crippen molar-refractivity contribution in [2.45, 2.75) is 27.2 Å². The van der Waals surface area contributed by atoms with Crippen LogP contribution in [0.5, 0.6) is 0 Å². The van der Waals surface area contributed by atoms with Crippen molar-refractivity contribution in [3.05, 3.63) is 12.7 Å². The first-order valence-corrected chi connectivity index (χ1v) is 2.67. The third-order valence-electron chi connectivity index (χ3n) is 0.757. The molecule has 0 saturated carbocycles. The van der Waals surface area contributed by atoms with Crippen molar-refractivity contribution in [1.82, 2.24) is 0 Å². The fraction of sp³-hybridized carbons (Fsp3) is 0.714. The molecule has 0 bridgehead atoms. The molecule has 0 aromatic rings. The molecule has 0 heterocycles. The van der Waals surface area contributed by atoms with E-state index in [2.05, 4.69) is 27.4 Å². The van der Waals surface area contributed by atoms with E-state index in [0.29, 0.717) is 5.41 Å². The molecule has 0 heteroatoms. The van der Waals surface area contributed by atoms with Gasteiger partial charge in [-0.3, -0.25) is 0 Å². The SMILES string of the molecule is C=CCC(C)(C)C. The molecule has 0 radical (unpaired) electrons. The molecule has 7 heavy (non-hydrogen) atoms. The summed E-state index contributed by atoms with van der Waals surface area (Å²) in [7, 11) is 0. The highest BCUT2D eigenvalue weighted by molar-refractivity contribution is 4.75. The summed E-state index contributed by atoms with van der Waals surface area (Å²) in [5.41, 5.74) is 0.432. The first-order chi connectivity index (χ1) is 3.06. The Bertz CT molecular complexity index is 54.9. The van der Waals surface area contributed by atoms with Gasteiger partial charge in [-0.15, -0.1) is 6.58 Å². The van der Waals surface area contributed by atoms with E-state index in [0.717, 1.165) is 6.42 Å². The van der Waals surface area contributed by atoms with Gasteiger partial charge < -0.3 is 0 Å². The molecule has 0 spiro atoms. The minimum absolute atomic E-state index is 0.432. The second-order valence-corrected chi connectivity index (χ2v) is 3.05. The van der Waals surface area contributed by atoms with E-state index in [1.807, 2.05) is 6.08 Å². The molecule has 0 rings (SSSR count). The zero-order chi connectivity index (χ0) is 5.91. The molecule has 0 aliphatic carbocycles. The highest BCUT2D eigenvalue weighted by atomic mass is 14.1. The molecule has 0 nitrogen and oxygen atoms in total. The van der Waals surface area contributed by atoms with Crippen LogP contribution in [0.4, 0.5) is 0 Å². The topological polar surface area (TPSA) is 0 Å². The lowest BCUT2D eigenvalue weighted by atomic mass is 9.93. The van der Waals surface area contributed by atoms with E-state index in [9.17, 15) is 0 Å². The van der Waals surface area contributed by atoms with Gasteiger partial charge >= 0.3 is 0 Å². The van der Waals surface area contributed by atoms with Gasteiger partial charge in [-0.2, -0.15) is 0 Å². The Balaban J connectivity index is 3.34. The molecule has 0 atom stereocenters. The quantitative estimate of drug-likeness (QED) is 0.442. The summed E-state index contributed by atoms with van der Waals surface area (Å²) in [5, 5.41) is 0. The van der Waals surface area contributed by atoms with Crippen LogP contribution in [0.25, 0.3) is 0 Å². The van der Waals surface area contributed by atoms with Crippen molar-refractivity contribution >= 4 is 0 Å². The summed E-state index contributed by atoms with van der Waals surface area (Å²) in [5.74, 6) is 0. The van der Waals surface area contributed by atoms with Crippen molar-refractivity contribution in [2.75, 3.05) is 0 Å². The fourth-order valence-electron chi connectivity index (χ4n) is 0.433. The van der Waals surface area contributed by atoms with Gasteiger partial charge in [-0.25, -0.2) is 0 Å². The van der Waals surface area contributed by atoms with Crippen LogP contribution >= 0.6 is 0 Å². The predicted octanol–water partition coefficient (Wildman–Crippen LogP) is 2.61. The van der Waals surface area contributed by atoms with Crippen molar-refractivity contribution in [3.8, 4) is 0 Å². The summed E-state index contributed by atoms with van der Waals surface area (Å²) in [4.78, 5) is 0. The summed E-state index contributed by atoms with van der Waals surface area (Å²) >= 11 is 0. The van der Waals surface area contributed by atoms with Gasteiger partial charge in [0.15, 0.2) is 0 Å². The maximum atomic E-state index is 3.65. The fourth-order valence-corrected chi connectivity index (χ4v) is 0.433. The van der Waals surface area contributed by atoms with E-state index in [-0.39, 0.29) is 0 Å². The Labute approximate surface area is 46.2 Å². The van der Waals surface area contributed by atoms with Gasteiger partial charge in [0.2, 0.25) is 0 Å². The molecule has 0 unspecified atom stereocenters. The summed E-state index contributed by atoms with van der Waals surface area (Å²) in [6.45, 7) is 10.3. The highest BCUT2D eigenvalue weighted by Crippen LogP contribution is 2.17.